The van der Waals surface area contributed by atoms with E-state index in [1.807, 2.05) is 13.8 Å². The van der Waals surface area contributed by atoms with E-state index < -0.39 is 0 Å². The molecule has 4 heteroatoms. The van der Waals surface area contributed by atoms with Gasteiger partial charge >= 0.3 is 0 Å². The lowest BCUT2D eigenvalue weighted by molar-refractivity contribution is -0.130. The van der Waals surface area contributed by atoms with Gasteiger partial charge in [-0.25, -0.2) is 0 Å². The van der Waals surface area contributed by atoms with Crippen LogP contribution in [0.4, 0.5) is 0 Å². The van der Waals surface area contributed by atoms with Gasteiger partial charge in [0.2, 0.25) is 5.91 Å². The summed E-state index contributed by atoms with van der Waals surface area (Å²) < 4.78 is 0. The van der Waals surface area contributed by atoms with Crippen LogP contribution in [0.2, 0.25) is 0 Å². The molecule has 0 rings (SSSR count). The van der Waals surface area contributed by atoms with Crippen molar-refractivity contribution in [3.8, 4) is 0 Å². The second-order valence-electron chi connectivity index (χ2n) is 4.87. The zero-order valence-electron chi connectivity index (χ0n) is 11.9. The summed E-state index contributed by atoms with van der Waals surface area (Å²) in [5, 5.41) is 12.9. The lowest BCUT2D eigenvalue weighted by atomic mass is 9.96. The number of likely N-dealkylation sites (N-methyl/N-ethyl adjacent to an activating group) is 1. The fourth-order valence-corrected chi connectivity index (χ4v) is 1.74. The first-order chi connectivity index (χ1) is 7.93. The molecule has 0 aromatic heterocycles. The first-order valence-corrected chi connectivity index (χ1v) is 6.58. The van der Waals surface area contributed by atoms with Gasteiger partial charge in [0.1, 0.15) is 0 Å². The molecule has 0 aliphatic rings. The number of carbonyl (C=O) groups excluding carboxylic acids is 1. The van der Waals surface area contributed by atoms with E-state index in [1.165, 1.54) is 0 Å². The maximum atomic E-state index is 11.7. The van der Waals surface area contributed by atoms with Gasteiger partial charge in [-0.1, -0.05) is 26.7 Å². The minimum atomic E-state index is -0.359. The maximum absolute atomic E-state index is 11.7. The molecule has 0 aromatic carbocycles. The Hall–Kier alpha value is -0.610. The first kappa shape index (κ1) is 16.4. The van der Waals surface area contributed by atoms with Crippen molar-refractivity contribution in [3.63, 3.8) is 0 Å². The third-order valence-corrected chi connectivity index (χ3v) is 3.39. The topological polar surface area (TPSA) is 52.6 Å². The number of nitrogens with one attached hydrogen (secondary N) is 1. The third-order valence-electron chi connectivity index (χ3n) is 3.39. The largest absolute Gasteiger partial charge is 0.392 e. The van der Waals surface area contributed by atoms with Crippen molar-refractivity contribution < 1.29 is 9.90 Å². The van der Waals surface area contributed by atoms with Crippen LogP contribution in [-0.2, 0) is 4.79 Å². The number of nitrogens with zero attached hydrogens (tertiary/aromatic N) is 1. The number of carbonyl (C=O) groups is 1. The quantitative estimate of drug-likeness (QED) is 0.675. The molecular formula is C13H28N2O2. The molecule has 1 atom stereocenters. The van der Waals surface area contributed by atoms with E-state index in [-0.39, 0.29) is 18.1 Å². The Morgan fingerprint density at radius 2 is 1.82 bits per heavy atom. The highest BCUT2D eigenvalue weighted by molar-refractivity contribution is 5.78. The van der Waals surface area contributed by atoms with Crippen molar-refractivity contribution in [2.75, 3.05) is 20.1 Å². The molecule has 0 radical (unpaired) electrons. The van der Waals surface area contributed by atoms with Gasteiger partial charge in [0.15, 0.2) is 0 Å². The van der Waals surface area contributed by atoms with Crippen molar-refractivity contribution >= 4 is 5.91 Å². The third kappa shape index (κ3) is 6.03. The van der Waals surface area contributed by atoms with Crippen molar-refractivity contribution in [3.05, 3.63) is 0 Å². The maximum Gasteiger partial charge on any atom is 0.236 e. The first-order valence-electron chi connectivity index (χ1n) is 6.58. The number of aliphatic hydroxyl groups is 1. The van der Waals surface area contributed by atoms with Crippen molar-refractivity contribution in [2.24, 2.45) is 5.92 Å². The van der Waals surface area contributed by atoms with E-state index in [1.54, 1.807) is 11.9 Å². The summed E-state index contributed by atoms with van der Waals surface area (Å²) in [6.45, 7) is 8.91. The predicted molar refractivity (Wildman–Crippen MR) is 70.9 cm³/mol. The van der Waals surface area contributed by atoms with Crippen LogP contribution in [0.5, 0.6) is 0 Å². The molecule has 1 amide bonds. The summed E-state index contributed by atoms with van der Waals surface area (Å²) in [7, 11) is 1.80. The van der Waals surface area contributed by atoms with E-state index in [0.29, 0.717) is 19.0 Å². The zero-order valence-corrected chi connectivity index (χ0v) is 11.9. The molecule has 4 nitrogen and oxygen atoms in total. The average molecular weight is 244 g/mol. The monoisotopic (exact) mass is 244 g/mol. The van der Waals surface area contributed by atoms with Gasteiger partial charge in [-0.15, -0.1) is 0 Å². The highest BCUT2D eigenvalue weighted by atomic mass is 16.3. The van der Waals surface area contributed by atoms with Gasteiger partial charge in [0.25, 0.3) is 0 Å². The Kier molecular flexibility index (Phi) is 8.17. The number of hydrogen-bond donors (Lipinski definition) is 2. The molecule has 0 heterocycles. The smallest absolute Gasteiger partial charge is 0.236 e. The van der Waals surface area contributed by atoms with Gasteiger partial charge in [-0.3, -0.25) is 4.79 Å². The SMILES string of the molecule is CCC(CC)C(O)CNCC(=O)N(C)C(C)C. The van der Waals surface area contributed by atoms with Crippen LogP contribution in [0.25, 0.3) is 0 Å². The average Bonchev–Trinajstić information content (AvgIpc) is 2.29. The lowest BCUT2D eigenvalue weighted by Gasteiger charge is -2.23. The van der Waals surface area contributed by atoms with Crippen LogP contribution in [-0.4, -0.2) is 48.2 Å². The van der Waals surface area contributed by atoms with Crippen LogP contribution in [0.1, 0.15) is 40.5 Å². The minimum absolute atomic E-state index is 0.0664. The Morgan fingerprint density at radius 3 is 2.24 bits per heavy atom. The molecule has 0 saturated heterocycles. The second kappa shape index (κ2) is 8.48. The van der Waals surface area contributed by atoms with Crippen molar-refractivity contribution in [2.45, 2.75) is 52.7 Å². The second-order valence-corrected chi connectivity index (χ2v) is 4.87. The van der Waals surface area contributed by atoms with E-state index in [9.17, 15) is 9.90 Å². The highest BCUT2D eigenvalue weighted by Crippen LogP contribution is 2.12. The molecule has 0 bridgehead atoms. The van der Waals surface area contributed by atoms with Gasteiger partial charge < -0.3 is 15.3 Å². The fourth-order valence-electron chi connectivity index (χ4n) is 1.74. The van der Waals surface area contributed by atoms with E-state index in [2.05, 4.69) is 19.2 Å². The van der Waals surface area contributed by atoms with E-state index in [0.717, 1.165) is 12.8 Å². The van der Waals surface area contributed by atoms with Gasteiger partial charge in [-0.05, 0) is 19.8 Å². The molecule has 2 N–H and O–H groups in total. The van der Waals surface area contributed by atoms with Gasteiger partial charge in [-0.2, -0.15) is 0 Å². The summed E-state index contributed by atoms with van der Waals surface area (Å²) in [5.41, 5.74) is 0. The summed E-state index contributed by atoms with van der Waals surface area (Å²) in [6, 6.07) is 0.216. The molecule has 17 heavy (non-hydrogen) atoms. The Labute approximate surface area is 105 Å². The zero-order chi connectivity index (χ0) is 13.4. The normalized spacial score (nSPS) is 13.2. The Morgan fingerprint density at radius 1 is 1.29 bits per heavy atom. The molecule has 0 aromatic rings. The van der Waals surface area contributed by atoms with Crippen LogP contribution in [0, 0.1) is 5.92 Å². The number of amides is 1. The van der Waals surface area contributed by atoms with E-state index >= 15 is 0 Å². The molecule has 0 saturated carbocycles. The predicted octanol–water partition coefficient (Wildman–Crippen LogP) is 1.24. The number of rotatable bonds is 8. The highest BCUT2D eigenvalue weighted by Gasteiger charge is 2.16. The molecule has 0 fully saturated rings. The number of aliphatic hydroxyl groups excluding tert-OH is 1. The van der Waals surface area contributed by atoms with Crippen LogP contribution in [0.3, 0.4) is 0 Å². The molecule has 102 valence electrons. The van der Waals surface area contributed by atoms with Crippen molar-refractivity contribution in [1.82, 2.24) is 10.2 Å². The Bertz CT molecular complexity index is 215. The van der Waals surface area contributed by atoms with Gasteiger partial charge in [0, 0.05) is 19.6 Å². The minimum Gasteiger partial charge on any atom is -0.392 e. The molecule has 1 unspecified atom stereocenters. The molecular weight excluding hydrogens is 216 g/mol. The summed E-state index contributed by atoms with van der Waals surface area (Å²) in [6.07, 6.45) is 1.58. The van der Waals surface area contributed by atoms with Gasteiger partial charge in [0.05, 0.1) is 12.6 Å². The van der Waals surface area contributed by atoms with Crippen LogP contribution < -0.4 is 5.32 Å². The summed E-state index contributed by atoms with van der Waals surface area (Å²) in [4.78, 5) is 13.4. The lowest BCUT2D eigenvalue weighted by Crippen LogP contribution is -2.42. The summed E-state index contributed by atoms with van der Waals surface area (Å²) >= 11 is 0. The van der Waals surface area contributed by atoms with Crippen LogP contribution >= 0.6 is 0 Å². The van der Waals surface area contributed by atoms with E-state index in [4.69, 9.17) is 0 Å². The summed E-state index contributed by atoms with van der Waals surface area (Å²) in [5.74, 6) is 0.386. The van der Waals surface area contributed by atoms with Crippen molar-refractivity contribution in [1.29, 1.82) is 0 Å². The number of hydrogen-bond acceptors (Lipinski definition) is 3. The standard InChI is InChI=1S/C13H28N2O2/c1-6-11(7-2)12(16)8-14-9-13(17)15(5)10(3)4/h10-12,14,16H,6-9H2,1-5H3. The Balaban J connectivity index is 3.87. The molecule has 0 aliphatic carbocycles. The fraction of sp³-hybridized carbons (Fsp3) is 0.923. The van der Waals surface area contributed by atoms with Crippen LogP contribution in [0.15, 0.2) is 0 Å². The molecule has 0 aliphatic heterocycles. The molecule has 0 spiro atoms.